The quantitative estimate of drug-likeness (QED) is 0.413. The van der Waals surface area contributed by atoms with Crippen LogP contribution in [0.15, 0.2) is 0 Å². The highest BCUT2D eigenvalue weighted by atomic mass is 16.7. The average Bonchev–Trinajstić information content (AvgIpc) is 2.30. The molecule has 0 aliphatic heterocycles. The molecule has 0 radical (unpaired) electrons. The van der Waals surface area contributed by atoms with E-state index in [2.05, 4.69) is 13.8 Å². The Kier molecular flexibility index (Phi) is 11.2. The van der Waals surface area contributed by atoms with E-state index in [1.54, 1.807) is 0 Å². The second kappa shape index (κ2) is 11.7. The van der Waals surface area contributed by atoms with Gasteiger partial charge in [-0.05, 0) is 26.2 Å². The summed E-state index contributed by atoms with van der Waals surface area (Å²) in [4.78, 5) is 11.3. The molecule has 0 rings (SSSR count). The molecule has 0 amide bonds. The summed E-state index contributed by atoms with van der Waals surface area (Å²) in [5.74, 6) is 0. The Balaban J connectivity index is 3.38. The van der Waals surface area contributed by atoms with Crippen molar-refractivity contribution in [1.82, 2.24) is 0 Å². The van der Waals surface area contributed by atoms with Crippen LogP contribution in [0, 0.1) is 0 Å². The number of ether oxygens (including phenoxy) is 2. The lowest BCUT2D eigenvalue weighted by Gasteiger charge is -2.12. The van der Waals surface area contributed by atoms with Crippen LogP contribution in [0.1, 0.15) is 72.1 Å². The van der Waals surface area contributed by atoms with Crippen LogP contribution in [-0.4, -0.2) is 18.9 Å². The van der Waals surface area contributed by atoms with Gasteiger partial charge in [-0.1, -0.05) is 46.0 Å². The van der Waals surface area contributed by atoms with Crippen molar-refractivity contribution in [3.8, 4) is 0 Å². The molecule has 17 heavy (non-hydrogen) atoms. The highest BCUT2D eigenvalue weighted by molar-refractivity contribution is 5.59. The monoisotopic (exact) mass is 244 g/mol. The molecule has 3 heteroatoms. The second-order valence-corrected chi connectivity index (χ2v) is 4.58. The minimum Gasteiger partial charge on any atom is -0.434 e. The first-order chi connectivity index (χ1) is 8.20. The molecule has 1 atom stereocenters. The van der Waals surface area contributed by atoms with E-state index in [4.69, 9.17) is 9.47 Å². The van der Waals surface area contributed by atoms with Crippen molar-refractivity contribution in [1.29, 1.82) is 0 Å². The Hall–Kier alpha value is -0.730. The number of hydrogen-bond donors (Lipinski definition) is 0. The van der Waals surface area contributed by atoms with Gasteiger partial charge >= 0.3 is 6.16 Å². The second-order valence-electron chi connectivity index (χ2n) is 4.58. The third-order valence-electron chi connectivity index (χ3n) is 2.73. The van der Waals surface area contributed by atoms with Crippen LogP contribution in [-0.2, 0) is 9.47 Å². The maximum Gasteiger partial charge on any atom is 0.508 e. The first kappa shape index (κ1) is 16.3. The summed E-state index contributed by atoms with van der Waals surface area (Å²) in [6.07, 6.45) is 8.39. The van der Waals surface area contributed by atoms with Crippen LogP contribution >= 0.6 is 0 Å². The van der Waals surface area contributed by atoms with Crippen molar-refractivity contribution in [3.63, 3.8) is 0 Å². The molecule has 0 N–H and O–H groups in total. The van der Waals surface area contributed by atoms with Crippen molar-refractivity contribution in [2.75, 3.05) is 6.61 Å². The van der Waals surface area contributed by atoms with Gasteiger partial charge in [0.15, 0.2) is 0 Å². The van der Waals surface area contributed by atoms with Crippen molar-refractivity contribution < 1.29 is 14.3 Å². The van der Waals surface area contributed by atoms with Gasteiger partial charge in [0.25, 0.3) is 0 Å². The Morgan fingerprint density at radius 1 is 1.00 bits per heavy atom. The normalized spacial score (nSPS) is 12.2. The number of carbonyl (C=O) groups is 1. The molecule has 0 spiro atoms. The van der Waals surface area contributed by atoms with Crippen molar-refractivity contribution >= 4 is 6.16 Å². The van der Waals surface area contributed by atoms with E-state index in [-0.39, 0.29) is 6.10 Å². The lowest BCUT2D eigenvalue weighted by atomic mass is 10.1. The summed E-state index contributed by atoms with van der Waals surface area (Å²) in [6, 6.07) is 0. The fourth-order valence-corrected chi connectivity index (χ4v) is 1.62. The van der Waals surface area contributed by atoms with Gasteiger partial charge in [0.1, 0.15) is 6.10 Å². The predicted octanol–water partition coefficient (Wildman–Crippen LogP) is 4.69. The molecule has 0 aromatic rings. The molecule has 0 saturated heterocycles. The molecule has 0 aromatic heterocycles. The van der Waals surface area contributed by atoms with Crippen LogP contribution in [0.2, 0.25) is 0 Å². The molecule has 102 valence electrons. The minimum absolute atomic E-state index is 0.0227. The Morgan fingerprint density at radius 3 is 2.29 bits per heavy atom. The number of carbonyl (C=O) groups excluding carboxylic acids is 1. The largest absolute Gasteiger partial charge is 0.508 e. The van der Waals surface area contributed by atoms with Crippen molar-refractivity contribution in [2.45, 2.75) is 78.2 Å². The van der Waals surface area contributed by atoms with Gasteiger partial charge in [0, 0.05) is 0 Å². The smallest absolute Gasteiger partial charge is 0.434 e. The van der Waals surface area contributed by atoms with E-state index in [1.165, 1.54) is 19.3 Å². The molecule has 0 fully saturated rings. The van der Waals surface area contributed by atoms with Crippen LogP contribution in [0.25, 0.3) is 0 Å². The Bertz CT molecular complexity index is 180. The van der Waals surface area contributed by atoms with Gasteiger partial charge in [0.2, 0.25) is 0 Å². The maximum absolute atomic E-state index is 11.3. The lowest BCUT2D eigenvalue weighted by Crippen LogP contribution is -2.16. The molecule has 0 aliphatic carbocycles. The maximum atomic E-state index is 11.3. The van der Waals surface area contributed by atoms with E-state index < -0.39 is 6.16 Å². The molecule has 0 heterocycles. The topological polar surface area (TPSA) is 35.5 Å². The number of rotatable bonds is 10. The van der Waals surface area contributed by atoms with Gasteiger partial charge in [-0.2, -0.15) is 0 Å². The first-order valence-electron chi connectivity index (χ1n) is 7.04. The molecular formula is C14H28O3. The SMILES string of the molecule is CCCCCCC(C)OC(=O)OCCCCC. The van der Waals surface area contributed by atoms with Crippen LogP contribution in [0.4, 0.5) is 4.79 Å². The minimum atomic E-state index is -0.510. The first-order valence-corrected chi connectivity index (χ1v) is 7.04. The van der Waals surface area contributed by atoms with Gasteiger partial charge in [0.05, 0.1) is 6.61 Å². The Labute approximate surface area is 106 Å². The van der Waals surface area contributed by atoms with Gasteiger partial charge in [-0.25, -0.2) is 4.79 Å². The van der Waals surface area contributed by atoms with E-state index >= 15 is 0 Å². The van der Waals surface area contributed by atoms with E-state index in [0.29, 0.717) is 6.61 Å². The summed E-state index contributed by atoms with van der Waals surface area (Å²) in [5.41, 5.74) is 0. The molecular weight excluding hydrogens is 216 g/mol. The van der Waals surface area contributed by atoms with Crippen molar-refractivity contribution in [2.24, 2.45) is 0 Å². The highest BCUT2D eigenvalue weighted by Gasteiger charge is 2.09. The van der Waals surface area contributed by atoms with E-state index in [9.17, 15) is 4.79 Å². The van der Waals surface area contributed by atoms with Gasteiger partial charge in [-0.3, -0.25) is 0 Å². The molecule has 0 aliphatic rings. The fourth-order valence-electron chi connectivity index (χ4n) is 1.62. The average molecular weight is 244 g/mol. The number of unbranched alkanes of at least 4 members (excludes halogenated alkanes) is 5. The van der Waals surface area contributed by atoms with Crippen LogP contribution < -0.4 is 0 Å². The molecule has 0 aromatic carbocycles. The third-order valence-corrected chi connectivity index (χ3v) is 2.73. The highest BCUT2D eigenvalue weighted by Crippen LogP contribution is 2.08. The van der Waals surface area contributed by atoms with E-state index in [0.717, 1.165) is 32.1 Å². The lowest BCUT2D eigenvalue weighted by molar-refractivity contribution is 0.0252. The summed E-state index contributed by atoms with van der Waals surface area (Å²) >= 11 is 0. The summed E-state index contributed by atoms with van der Waals surface area (Å²) < 4.78 is 10.1. The third kappa shape index (κ3) is 11.5. The predicted molar refractivity (Wildman–Crippen MR) is 70.2 cm³/mol. The zero-order valence-corrected chi connectivity index (χ0v) is 11.7. The van der Waals surface area contributed by atoms with Gasteiger partial charge < -0.3 is 9.47 Å². The fraction of sp³-hybridized carbons (Fsp3) is 0.929. The molecule has 0 saturated carbocycles. The molecule has 3 nitrogen and oxygen atoms in total. The summed E-state index contributed by atoms with van der Waals surface area (Å²) in [6.45, 7) is 6.72. The zero-order chi connectivity index (χ0) is 12.9. The Morgan fingerprint density at radius 2 is 1.65 bits per heavy atom. The molecule has 0 bridgehead atoms. The number of hydrogen-bond acceptors (Lipinski definition) is 3. The van der Waals surface area contributed by atoms with Crippen LogP contribution in [0.3, 0.4) is 0 Å². The summed E-state index contributed by atoms with van der Waals surface area (Å²) in [7, 11) is 0. The van der Waals surface area contributed by atoms with Crippen molar-refractivity contribution in [3.05, 3.63) is 0 Å². The van der Waals surface area contributed by atoms with Crippen LogP contribution in [0.5, 0.6) is 0 Å². The standard InChI is InChI=1S/C14H28O3/c1-4-6-8-9-11-13(3)17-14(15)16-12-10-7-5-2/h13H,4-12H2,1-3H3. The zero-order valence-electron chi connectivity index (χ0n) is 11.7. The molecule has 1 unspecified atom stereocenters. The van der Waals surface area contributed by atoms with Gasteiger partial charge in [-0.15, -0.1) is 0 Å². The summed E-state index contributed by atoms with van der Waals surface area (Å²) in [5, 5.41) is 0. The van der Waals surface area contributed by atoms with E-state index in [1.807, 2.05) is 6.92 Å².